The van der Waals surface area contributed by atoms with Gasteiger partial charge in [-0.3, -0.25) is 4.79 Å². The van der Waals surface area contributed by atoms with Gasteiger partial charge in [0.2, 0.25) is 15.4 Å². The maximum absolute atomic E-state index is 12.4. The third-order valence-electron chi connectivity index (χ3n) is 3.04. The SMILES string of the molecule is CC(=O)Nc1nnc(S(=O)(=O)N2CCC(CBr)CC2)s1. The number of rotatable bonds is 4. The van der Waals surface area contributed by atoms with E-state index in [1.165, 1.54) is 11.2 Å². The summed E-state index contributed by atoms with van der Waals surface area (Å²) in [5.74, 6) is 0.217. The lowest BCUT2D eigenvalue weighted by molar-refractivity contribution is -0.114. The van der Waals surface area contributed by atoms with Gasteiger partial charge in [0.05, 0.1) is 0 Å². The number of anilines is 1. The molecule has 1 amide bonds. The summed E-state index contributed by atoms with van der Waals surface area (Å²) in [7, 11) is -3.60. The zero-order valence-corrected chi connectivity index (χ0v) is 14.1. The molecule has 0 aliphatic carbocycles. The molecule has 10 heteroatoms. The van der Waals surface area contributed by atoms with Crippen molar-refractivity contribution in [2.75, 3.05) is 23.7 Å². The number of aromatic nitrogens is 2. The van der Waals surface area contributed by atoms with Crippen LogP contribution < -0.4 is 5.32 Å². The number of amides is 1. The Kier molecular flexibility index (Phi) is 5.10. The standard InChI is InChI=1S/C10H15BrN4O3S2/c1-7(16)12-9-13-14-10(19-9)20(17,18)15-4-2-8(6-11)3-5-15/h8H,2-6H2,1H3,(H,12,13,16). The molecule has 1 aromatic heterocycles. The molecule has 20 heavy (non-hydrogen) atoms. The maximum Gasteiger partial charge on any atom is 0.272 e. The van der Waals surface area contributed by atoms with Gasteiger partial charge < -0.3 is 5.32 Å². The van der Waals surface area contributed by atoms with Crippen molar-refractivity contribution in [3.8, 4) is 0 Å². The predicted molar refractivity (Wildman–Crippen MR) is 79.5 cm³/mol. The fraction of sp³-hybridized carbons (Fsp3) is 0.700. The van der Waals surface area contributed by atoms with E-state index in [0.717, 1.165) is 29.5 Å². The first kappa shape index (κ1) is 15.8. The number of carbonyl (C=O) groups excluding carboxylic acids is 1. The quantitative estimate of drug-likeness (QED) is 0.625. The minimum absolute atomic E-state index is 0.0708. The van der Waals surface area contributed by atoms with Crippen LogP contribution in [0.3, 0.4) is 0 Å². The number of hydrogen-bond donors (Lipinski definition) is 1. The Morgan fingerprint density at radius 3 is 2.65 bits per heavy atom. The molecule has 1 aliphatic heterocycles. The Labute approximate surface area is 129 Å². The zero-order chi connectivity index (χ0) is 14.8. The summed E-state index contributed by atoms with van der Waals surface area (Å²) in [5.41, 5.74) is 0. The summed E-state index contributed by atoms with van der Waals surface area (Å²) in [4.78, 5) is 10.9. The molecule has 1 saturated heterocycles. The smallest absolute Gasteiger partial charge is 0.272 e. The van der Waals surface area contributed by atoms with E-state index in [1.807, 2.05) is 0 Å². The van der Waals surface area contributed by atoms with Gasteiger partial charge in [0, 0.05) is 25.3 Å². The van der Waals surface area contributed by atoms with Gasteiger partial charge in [0.25, 0.3) is 10.0 Å². The minimum Gasteiger partial charge on any atom is -0.301 e. The van der Waals surface area contributed by atoms with Gasteiger partial charge in [-0.1, -0.05) is 27.3 Å². The second-order valence-corrected chi connectivity index (χ2v) is 8.29. The first-order valence-corrected chi connectivity index (χ1v) is 9.48. The van der Waals surface area contributed by atoms with Crippen LogP contribution in [0.1, 0.15) is 19.8 Å². The van der Waals surface area contributed by atoms with Crippen LogP contribution in [0.15, 0.2) is 4.34 Å². The van der Waals surface area contributed by atoms with Crippen LogP contribution in [0.2, 0.25) is 0 Å². The summed E-state index contributed by atoms with van der Waals surface area (Å²) >= 11 is 4.30. The van der Waals surface area contributed by atoms with E-state index >= 15 is 0 Å². The fourth-order valence-electron chi connectivity index (χ4n) is 1.93. The first-order chi connectivity index (χ1) is 9.43. The van der Waals surface area contributed by atoms with Crippen LogP contribution in [0.25, 0.3) is 0 Å². The van der Waals surface area contributed by atoms with Gasteiger partial charge in [-0.15, -0.1) is 10.2 Å². The predicted octanol–water partition coefficient (Wildman–Crippen LogP) is 1.29. The number of alkyl halides is 1. The Balaban J connectivity index is 2.10. The van der Waals surface area contributed by atoms with Crippen LogP contribution in [0, 0.1) is 5.92 Å². The van der Waals surface area contributed by atoms with Crippen LogP contribution in [-0.4, -0.2) is 47.2 Å². The monoisotopic (exact) mass is 382 g/mol. The van der Waals surface area contributed by atoms with Gasteiger partial charge in [-0.25, -0.2) is 8.42 Å². The first-order valence-electron chi connectivity index (χ1n) is 6.10. The Morgan fingerprint density at radius 2 is 2.10 bits per heavy atom. The summed E-state index contributed by atoms with van der Waals surface area (Å²) < 4.78 is 26.1. The molecule has 0 saturated carbocycles. The highest BCUT2D eigenvalue weighted by Crippen LogP contribution is 2.27. The van der Waals surface area contributed by atoms with Crippen LogP contribution in [-0.2, 0) is 14.8 Å². The Hall–Kier alpha value is -0.580. The molecule has 0 spiro atoms. The topological polar surface area (TPSA) is 92.3 Å². The Bertz CT molecular complexity index is 581. The second-order valence-electron chi connectivity index (χ2n) is 4.56. The molecule has 7 nitrogen and oxygen atoms in total. The molecular formula is C10H15BrN4O3S2. The third kappa shape index (κ3) is 3.54. The summed E-state index contributed by atoms with van der Waals surface area (Å²) in [5, 5.41) is 10.9. The Morgan fingerprint density at radius 1 is 1.45 bits per heavy atom. The molecule has 0 radical (unpaired) electrons. The van der Waals surface area contributed by atoms with Crippen molar-refractivity contribution in [2.24, 2.45) is 5.92 Å². The van der Waals surface area contributed by atoms with Crippen molar-refractivity contribution < 1.29 is 13.2 Å². The van der Waals surface area contributed by atoms with E-state index in [4.69, 9.17) is 0 Å². The average Bonchev–Trinajstić information content (AvgIpc) is 2.87. The summed E-state index contributed by atoms with van der Waals surface area (Å²) in [6, 6.07) is 0. The number of carbonyl (C=O) groups is 1. The van der Waals surface area contributed by atoms with Crippen LogP contribution in [0.5, 0.6) is 0 Å². The van der Waals surface area contributed by atoms with E-state index in [1.54, 1.807) is 0 Å². The molecule has 1 N–H and O–H groups in total. The second kappa shape index (κ2) is 6.46. The van der Waals surface area contributed by atoms with Gasteiger partial charge in [-0.2, -0.15) is 4.31 Å². The molecule has 0 aromatic carbocycles. The van der Waals surface area contributed by atoms with E-state index in [0.29, 0.717) is 19.0 Å². The molecule has 2 heterocycles. The molecule has 1 aromatic rings. The molecule has 0 unspecified atom stereocenters. The van der Waals surface area contributed by atoms with Gasteiger partial charge >= 0.3 is 0 Å². The molecule has 1 aliphatic rings. The molecule has 112 valence electrons. The lowest BCUT2D eigenvalue weighted by atomic mass is 10.0. The van der Waals surface area contributed by atoms with Gasteiger partial charge in [0.15, 0.2) is 0 Å². The molecule has 1 fully saturated rings. The molecule has 0 bridgehead atoms. The number of nitrogens with zero attached hydrogens (tertiary/aromatic N) is 3. The zero-order valence-electron chi connectivity index (χ0n) is 10.9. The highest BCUT2D eigenvalue weighted by atomic mass is 79.9. The van der Waals surface area contributed by atoms with Crippen molar-refractivity contribution in [3.05, 3.63) is 0 Å². The van der Waals surface area contributed by atoms with E-state index < -0.39 is 10.0 Å². The summed E-state index contributed by atoms with van der Waals surface area (Å²) in [6.45, 7) is 2.32. The molecule has 0 atom stereocenters. The average molecular weight is 383 g/mol. The van der Waals surface area contributed by atoms with E-state index in [2.05, 4.69) is 31.4 Å². The lowest BCUT2D eigenvalue weighted by Gasteiger charge is -2.29. The van der Waals surface area contributed by atoms with E-state index in [9.17, 15) is 13.2 Å². The number of halogens is 1. The van der Waals surface area contributed by atoms with Crippen molar-refractivity contribution in [1.29, 1.82) is 0 Å². The van der Waals surface area contributed by atoms with Gasteiger partial charge in [0.1, 0.15) is 0 Å². The van der Waals surface area contributed by atoms with Crippen LogP contribution >= 0.6 is 27.3 Å². The number of hydrogen-bond acceptors (Lipinski definition) is 6. The fourth-order valence-corrected chi connectivity index (χ4v) is 5.13. The normalized spacial score (nSPS) is 18.1. The van der Waals surface area contributed by atoms with E-state index in [-0.39, 0.29) is 15.4 Å². The van der Waals surface area contributed by atoms with Crippen molar-refractivity contribution in [2.45, 2.75) is 24.1 Å². The third-order valence-corrected chi connectivity index (χ3v) is 7.04. The molecule has 2 rings (SSSR count). The minimum atomic E-state index is -3.60. The number of piperidine rings is 1. The van der Waals surface area contributed by atoms with Crippen molar-refractivity contribution in [3.63, 3.8) is 0 Å². The largest absolute Gasteiger partial charge is 0.301 e. The molecular weight excluding hydrogens is 368 g/mol. The lowest BCUT2D eigenvalue weighted by Crippen LogP contribution is -2.38. The number of sulfonamides is 1. The van der Waals surface area contributed by atoms with Crippen LogP contribution in [0.4, 0.5) is 5.13 Å². The van der Waals surface area contributed by atoms with Gasteiger partial charge in [-0.05, 0) is 18.8 Å². The summed E-state index contributed by atoms with van der Waals surface area (Å²) in [6.07, 6.45) is 1.67. The highest BCUT2D eigenvalue weighted by molar-refractivity contribution is 9.09. The van der Waals surface area contributed by atoms with Crippen molar-refractivity contribution in [1.82, 2.24) is 14.5 Å². The van der Waals surface area contributed by atoms with Crippen molar-refractivity contribution >= 4 is 48.3 Å². The number of nitrogens with one attached hydrogen (secondary N) is 1. The maximum atomic E-state index is 12.4. The highest BCUT2D eigenvalue weighted by Gasteiger charge is 2.32.